The molecule has 1 saturated heterocycles. The molecule has 3 rings (SSSR count). The van der Waals surface area contributed by atoms with Gasteiger partial charge in [0.25, 0.3) is 5.91 Å². The largest absolute Gasteiger partial charge is 0.480 e. The quantitative estimate of drug-likeness (QED) is 0.556. The molecule has 0 unspecified atom stereocenters. The highest BCUT2D eigenvalue weighted by Crippen LogP contribution is 2.25. The maximum Gasteiger partial charge on any atom is 0.320 e. The SMILES string of the molecule is COc1nc(N)c(Cl)cc1C(=O)N[C@H]1CCN(CC(=O)OCc2ccccn2)C[C@H]1OC. The van der Waals surface area contributed by atoms with Crippen LogP contribution in [0.3, 0.4) is 0 Å². The summed E-state index contributed by atoms with van der Waals surface area (Å²) in [5.41, 5.74) is 6.55. The van der Waals surface area contributed by atoms with Crippen LogP contribution in [0.5, 0.6) is 5.88 Å². The van der Waals surface area contributed by atoms with Gasteiger partial charge in [-0.3, -0.25) is 19.5 Å². The zero-order valence-corrected chi connectivity index (χ0v) is 18.7. The van der Waals surface area contributed by atoms with Crippen molar-refractivity contribution in [3.8, 4) is 5.88 Å². The number of anilines is 1. The van der Waals surface area contributed by atoms with Gasteiger partial charge in [0.05, 0.1) is 36.5 Å². The fourth-order valence-electron chi connectivity index (χ4n) is 3.44. The van der Waals surface area contributed by atoms with Gasteiger partial charge in [0.2, 0.25) is 5.88 Å². The molecule has 2 atom stereocenters. The van der Waals surface area contributed by atoms with Crippen LogP contribution in [0.1, 0.15) is 22.5 Å². The maximum absolute atomic E-state index is 12.8. The number of rotatable bonds is 8. The number of amides is 1. The predicted molar refractivity (Wildman–Crippen MR) is 117 cm³/mol. The van der Waals surface area contributed by atoms with Crippen molar-refractivity contribution in [2.45, 2.75) is 25.2 Å². The van der Waals surface area contributed by atoms with Crippen LogP contribution in [0.2, 0.25) is 5.02 Å². The van der Waals surface area contributed by atoms with Gasteiger partial charge >= 0.3 is 5.97 Å². The number of carbonyl (C=O) groups is 2. The van der Waals surface area contributed by atoms with E-state index in [-0.39, 0.29) is 53.6 Å². The number of nitrogens with zero attached hydrogens (tertiary/aromatic N) is 3. The Kier molecular flexibility index (Phi) is 8.20. The van der Waals surface area contributed by atoms with Gasteiger partial charge in [0, 0.05) is 26.4 Å². The minimum Gasteiger partial charge on any atom is -0.480 e. The van der Waals surface area contributed by atoms with Crippen molar-refractivity contribution in [2.75, 3.05) is 39.6 Å². The molecule has 1 aliphatic heterocycles. The first kappa shape index (κ1) is 23.7. The third kappa shape index (κ3) is 6.06. The number of esters is 1. The van der Waals surface area contributed by atoms with E-state index in [4.69, 9.17) is 31.5 Å². The van der Waals surface area contributed by atoms with Gasteiger partial charge in [-0.15, -0.1) is 0 Å². The molecular weight excluding hydrogens is 438 g/mol. The number of nitrogens with two attached hydrogens (primary N) is 1. The Hall–Kier alpha value is -2.95. The van der Waals surface area contributed by atoms with Crippen molar-refractivity contribution >= 4 is 29.3 Å². The van der Waals surface area contributed by atoms with Crippen LogP contribution in [0, 0.1) is 0 Å². The van der Waals surface area contributed by atoms with Crippen LogP contribution in [-0.4, -0.2) is 72.7 Å². The summed E-state index contributed by atoms with van der Waals surface area (Å²) >= 11 is 6.02. The molecule has 1 aliphatic rings. The number of likely N-dealkylation sites (tertiary alicyclic amines) is 1. The van der Waals surface area contributed by atoms with Gasteiger partial charge in [-0.05, 0) is 24.6 Å². The Bertz CT molecular complexity index is 946. The van der Waals surface area contributed by atoms with E-state index < -0.39 is 5.91 Å². The summed E-state index contributed by atoms with van der Waals surface area (Å²) in [5.74, 6) is -0.573. The summed E-state index contributed by atoms with van der Waals surface area (Å²) in [4.78, 5) is 35.1. The van der Waals surface area contributed by atoms with Crippen LogP contribution in [0.15, 0.2) is 30.5 Å². The summed E-state index contributed by atoms with van der Waals surface area (Å²) in [7, 11) is 2.96. The van der Waals surface area contributed by atoms with Crippen LogP contribution in [0.4, 0.5) is 5.82 Å². The summed E-state index contributed by atoms with van der Waals surface area (Å²) in [6.07, 6.45) is 1.91. The van der Waals surface area contributed by atoms with Gasteiger partial charge in [0.15, 0.2) is 0 Å². The molecule has 3 N–H and O–H groups in total. The number of methoxy groups -OCH3 is 2. The molecule has 11 heteroatoms. The fourth-order valence-corrected chi connectivity index (χ4v) is 3.60. The number of ether oxygens (including phenoxy) is 3. The molecule has 0 bridgehead atoms. The molecular formula is C21H26ClN5O5. The molecule has 1 fully saturated rings. The number of nitrogen functional groups attached to an aromatic ring is 1. The average molecular weight is 464 g/mol. The van der Waals surface area contributed by atoms with Crippen LogP contribution < -0.4 is 15.8 Å². The molecule has 0 radical (unpaired) electrons. The zero-order valence-electron chi connectivity index (χ0n) is 17.9. The number of halogens is 1. The monoisotopic (exact) mass is 463 g/mol. The van der Waals surface area contributed by atoms with Crippen molar-refractivity contribution in [3.63, 3.8) is 0 Å². The number of carbonyl (C=O) groups excluding carboxylic acids is 2. The van der Waals surface area contributed by atoms with E-state index in [1.54, 1.807) is 25.4 Å². The number of hydrogen-bond donors (Lipinski definition) is 2. The van der Waals surface area contributed by atoms with E-state index >= 15 is 0 Å². The smallest absolute Gasteiger partial charge is 0.320 e. The lowest BCUT2D eigenvalue weighted by molar-refractivity contribution is -0.147. The number of pyridine rings is 2. The lowest BCUT2D eigenvalue weighted by Gasteiger charge is -2.37. The van der Waals surface area contributed by atoms with E-state index in [0.29, 0.717) is 25.2 Å². The van der Waals surface area contributed by atoms with Gasteiger partial charge < -0.3 is 25.3 Å². The summed E-state index contributed by atoms with van der Waals surface area (Å²) in [6.45, 7) is 1.29. The van der Waals surface area contributed by atoms with Crippen molar-refractivity contribution in [3.05, 3.63) is 46.7 Å². The Morgan fingerprint density at radius 3 is 2.84 bits per heavy atom. The first-order valence-electron chi connectivity index (χ1n) is 10.0. The first-order chi connectivity index (χ1) is 15.4. The van der Waals surface area contributed by atoms with Crippen LogP contribution >= 0.6 is 11.6 Å². The minimum absolute atomic E-state index is 0.0816. The predicted octanol–water partition coefficient (Wildman–Crippen LogP) is 1.28. The number of piperidine rings is 1. The second-order valence-electron chi connectivity index (χ2n) is 7.27. The molecule has 32 heavy (non-hydrogen) atoms. The topological polar surface area (TPSA) is 129 Å². The molecule has 0 aliphatic carbocycles. The standard InChI is InChI=1S/C21H26ClN5O5/c1-30-17-10-27(11-18(28)32-12-13-5-3-4-7-24-13)8-6-16(17)25-20(29)14-9-15(22)19(23)26-21(14)31-2/h3-5,7,9,16-17H,6,8,10-12H2,1-2H3,(H2,23,26)(H,25,29)/t16-,17+/m0/s1. The normalized spacial score (nSPS) is 18.7. The highest BCUT2D eigenvalue weighted by molar-refractivity contribution is 6.33. The molecule has 2 aromatic rings. The highest BCUT2D eigenvalue weighted by Gasteiger charge is 2.32. The Labute approximate surface area is 191 Å². The molecule has 2 aromatic heterocycles. The van der Waals surface area contributed by atoms with E-state index in [1.165, 1.54) is 13.2 Å². The lowest BCUT2D eigenvalue weighted by atomic mass is 10.0. The fraction of sp³-hybridized carbons (Fsp3) is 0.429. The average Bonchev–Trinajstić information content (AvgIpc) is 2.80. The van der Waals surface area contributed by atoms with Crippen molar-refractivity contribution < 1.29 is 23.8 Å². The molecule has 1 amide bonds. The van der Waals surface area contributed by atoms with Crippen LogP contribution in [-0.2, 0) is 20.9 Å². The molecule has 0 aromatic carbocycles. The third-order valence-electron chi connectivity index (χ3n) is 5.13. The molecule has 172 valence electrons. The van der Waals surface area contributed by atoms with Crippen molar-refractivity contribution in [1.82, 2.24) is 20.2 Å². The molecule has 0 spiro atoms. The van der Waals surface area contributed by atoms with Gasteiger partial charge in [-0.2, -0.15) is 4.98 Å². The van der Waals surface area contributed by atoms with E-state index in [1.807, 2.05) is 11.0 Å². The van der Waals surface area contributed by atoms with E-state index in [0.717, 1.165) is 0 Å². The van der Waals surface area contributed by atoms with Gasteiger partial charge in [0.1, 0.15) is 18.0 Å². The van der Waals surface area contributed by atoms with Gasteiger partial charge in [-0.1, -0.05) is 17.7 Å². The summed E-state index contributed by atoms with van der Waals surface area (Å²) in [5, 5.41) is 3.11. The molecule has 0 saturated carbocycles. The molecule has 10 nitrogen and oxygen atoms in total. The minimum atomic E-state index is -0.397. The van der Waals surface area contributed by atoms with E-state index in [2.05, 4.69) is 15.3 Å². The lowest BCUT2D eigenvalue weighted by Crippen LogP contribution is -2.55. The maximum atomic E-state index is 12.8. The second kappa shape index (κ2) is 11.1. The number of hydrogen-bond acceptors (Lipinski definition) is 9. The Morgan fingerprint density at radius 1 is 1.34 bits per heavy atom. The summed E-state index contributed by atoms with van der Waals surface area (Å²) in [6, 6.07) is 6.58. The Balaban J connectivity index is 1.55. The van der Waals surface area contributed by atoms with Gasteiger partial charge in [-0.25, -0.2) is 0 Å². The van der Waals surface area contributed by atoms with Crippen LogP contribution in [0.25, 0.3) is 0 Å². The van der Waals surface area contributed by atoms with E-state index in [9.17, 15) is 9.59 Å². The molecule has 3 heterocycles. The number of aromatic nitrogens is 2. The first-order valence-corrected chi connectivity index (χ1v) is 10.4. The third-order valence-corrected chi connectivity index (χ3v) is 5.43. The highest BCUT2D eigenvalue weighted by atomic mass is 35.5. The van der Waals surface area contributed by atoms with Crippen molar-refractivity contribution in [1.29, 1.82) is 0 Å². The second-order valence-corrected chi connectivity index (χ2v) is 7.68. The Morgan fingerprint density at radius 2 is 2.16 bits per heavy atom. The number of nitrogens with one attached hydrogen (secondary N) is 1. The summed E-state index contributed by atoms with van der Waals surface area (Å²) < 4.78 is 16.0. The van der Waals surface area contributed by atoms with Crippen molar-refractivity contribution in [2.24, 2.45) is 0 Å². The zero-order chi connectivity index (χ0) is 23.1.